The largest absolute Gasteiger partial charge is 0.481 e. The molecule has 2 aliphatic rings. The van der Waals surface area contributed by atoms with E-state index in [1.807, 2.05) is 7.05 Å². The first-order valence-corrected chi connectivity index (χ1v) is 12.8. The van der Waals surface area contributed by atoms with Crippen LogP contribution in [0.4, 0.5) is 0 Å². The third-order valence-electron chi connectivity index (χ3n) is 6.78. The Labute approximate surface area is 210 Å². The van der Waals surface area contributed by atoms with E-state index in [0.29, 0.717) is 28.6 Å². The summed E-state index contributed by atoms with van der Waals surface area (Å²) in [4.78, 5) is 48.7. The molecule has 0 saturated heterocycles. The number of H-pyrrole nitrogens is 1. The Hall–Kier alpha value is -2.95. The van der Waals surface area contributed by atoms with Gasteiger partial charge in [-0.15, -0.1) is 11.3 Å². The van der Waals surface area contributed by atoms with Crippen molar-refractivity contribution in [2.45, 2.75) is 44.3 Å². The van der Waals surface area contributed by atoms with Crippen LogP contribution >= 0.6 is 22.9 Å². The molecule has 2 aromatic heterocycles. The van der Waals surface area contributed by atoms with Crippen molar-refractivity contribution in [3.63, 3.8) is 0 Å². The molecule has 1 saturated carbocycles. The number of fused-ring (bicyclic) bond motifs is 2. The number of nitrogens with one attached hydrogen (secondary N) is 3. The molecule has 9 nitrogen and oxygen atoms in total. The molecule has 3 atom stereocenters. The summed E-state index contributed by atoms with van der Waals surface area (Å²) in [5.74, 6) is -2.13. The number of aromatic nitrogens is 2. The number of aromatic amines is 1. The monoisotopic (exact) mass is 515 g/mol. The van der Waals surface area contributed by atoms with Gasteiger partial charge in [0.05, 0.1) is 17.7 Å². The van der Waals surface area contributed by atoms with Crippen LogP contribution in [0.15, 0.2) is 24.3 Å². The van der Waals surface area contributed by atoms with Gasteiger partial charge in [0.1, 0.15) is 5.69 Å². The Kier molecular flexibility index (Phi) is 6.52. The standard InChI is InChI=1S/C24H26ClN5O4S/c1-30-7-6-17-20(11-30)35-23(29-17)22(32)27-16-4-2-12(24(33)34)9-18(16)28-21(31)19-10-13-8-14(25)3-5-15(13)26-19/h3,5,8,10,12,16,18,26H,2,4,6-7,9,11H2,1H3,(H,27,32)(H,28,31)(H,33,34). The number of rotatable bonds is 5. The van der Waals surface area contributed by atoms with E-state index in [0.717, 1.165) is 41.0 Å². The molecule has 3 unspecified atom stereocenters. The minimum Gasteiger partial charge on any atom is -0.481 e. The molecule has 1 fully saturated rings. The van der Waals surface area contributed by atoms with Gasteiger partial charge >= 0.3 is 5.97 Å². The van der Waals surface area contributed by atoms with Crippen LogP contribution in [0, 0.1) is 5.92 Å². The second kappa shape index (κ2) is 9.60. The minimum atomic E-state index is -0.897. The van der Waals surface area contributed by atoms with Gasteiger partial charge in [0.15, 0.2) is 5.01 Å². The van der Waals surface area contributed by atoms with Crippen LogP contribution in [0.25, 0.3) is 10.9 Å². The maximum Gasteiger partial charge on any atom is 0.306 e. The molecule has 184 valence electrons. The Balaban J connectivity index is 1.32. The zero-order valence-corrected chi connectivity index (χ0v) is 20.7. The molecule has 0 spiro atoms. The molecule has 0 bridgehead atoms. The molecule has 0 radical (unpaired) electrons. The lowest BCUT2D eigenvalue weighted by Crippen LogP contribution is -2.55. The average Bonchev–Trinajstić information content (AvgIpc) is 3.43. The van der Waals surface area contributed by atoms with E-state index in [1.54, 1.807) is 24.3 Å². The van der Waals surface area contributed by atoms with Crippen molar-refractivity contribution in [1.82, 2.24) is 25.5 Å². The number of carboxylic acids is 1. The summed E-state index contributed by atoms with van der Waals surface area (Å²) >= 11 is 7.45. The summed E-state index contributed by atoms with van der Waals surface area (Å²) in [5, 5.41) is 17.3. The molecule has 2 amide bonds. The van der Waals surface area contributed by atoms with Gasteiger partial charge in [0, 0.05) is 46.4 Å². The smallest absolute Gasteiger partial charge is 0.306 e. The fraction of sp³-hybridized carbons (Fsp3) is 0.417. The van der Waals surface area contributed by atoms with E-state index in [1.165, 1.54) is 11.3 Å². The molecule has 11 heteroatoms. The summed E-state index contributed by atoms with van der Waals surface area (Å²) < 4.78 is 0. The molecule has 1 aliphatic carbocycles. The lowest BCUT2D eigenvalue weighted by atomic mass is 9.82. The SMILES string of the molecule is CN1CCc2nc(C(=O)NC3CCC(C(=O)O)CC3NC(=O)c3cc4cc(Cl)ccc4[nH]3)sc2C1. The van der Waals surface area contributed by atoms with Crippen LogP contribution < -0.4 is 10.6 Å². The second-order valence-corrected chi connectivity index (χ2v) is 10.8. The third-order valence-corrected chi connectivity index (χ3v) is 8.09. The molecule has 35 heavy (non-hydrogen) atoms. The first-order valence-electron chi connectivity index (χ1n) is 11.6. The highest BCUT2D eigenvalue weighted by Gasteiger charge is 2.36. The fourth-order valence-corrected chi connectivity index (χ4v) is 6.12. The van der Waals surface area contributed by atoms with E-state index < -0.39 is 24.0 Å². The maximum absolute atomic E-state index is 13.1. The Morgan fingerprint density at radius 2 is 1.97 bits per heavy atom. The van der Waals surface area contributed by atoms with Crippen molar-refractivity contribution in [3.8, 4) is 0 Å². The number of nitrogens with zero attached hydrogens (tertiary/aromatic N) is 2. The van der Waals surface area contributed by atoms with Crippen LogP contribution in [0.1, 0.15) is 50.1 Å². The van der Waals surface area contributed by atoms with E-state index in [-0.39, 0.29) is 18.2 Å². The number of amides is 2. The molecular formula is C24H26ClN5O4S. The summed E-state index contributed by atoms with van der Waals surface area (Å²) in [7, 11) is 2.04. The van der Waals surface area contributed by atoms with Gasteiger partial charge < -0.3 is 25.6 Å². The van der Waals surface area contributed by atoms with Crippen molar-refractivity contribution in [2.24, 2.45) is 5.92 Å². The number of carbonyl (C=O) groups excluding carboxylic acids is 2. The number of carboxylic acid groups (broad SMARTS) is 1. The van der Waals surface area contributed by atoms with Crippen LogP contribution in [-0.2, 0) is 17.8 Å². The van der Waals surface area contributed by atoms with Crippen molar-refractivity contribution in [3.05, 3.63) is 50.6 Å². The number of likely N-dealkylation sites (N-methyl/N-ethyl adjacent to an activating group) is 1. The van der Waals surface area contributed by atoms with Crippen LogP contribution in [0.3, 0.4) is 0 Å². The van der Waals surface area contributed by atoms with Crippen molar-refractivity contribution < 1.29 is 19.5 Å². The quantitative estimate of drug-likeness (QED) is 0.413. The van der Waals surface area contributed by atoms with E-state index in [2.05, 4.69) is 25.5 Å². The van der Waals surface area contributed by atoms with E-state index >= 15 is 0 Å². The Morgan fingerprint density at radius 1 is 1.17 bits per heavy atom. The summed E-state index contributed by atoms with van der Waals surface area (Å²) in [6.45, 7) is 1.68. The first-order chi connectivity index (χ1) is 16.8. The maximum atomic E-state index is 13.1. The highest BCUT2D eigenvalue weighted by atomic mass is 35.5. The third kappa shape index (κ3) is 5.05. The normalized spacial score (nSPS) is 22.5. The van der Waals surface area contributed by atoms with Crippen molar-refractivity contribution >= 4 is 51.6 Å². The second-order valence-electron chi connectivity index (χ2n) is 9.30. The number of hydrogen-bond acceptors (Lipinski definition) is 6. The summed E-state index contributed by atoms with van der Waals surface area (Å²) in [5.41, 5.74) is 2.09. The molecule has 3 heterocycles. The first kappa shape index (κ1) is 23.8. The summed E-state index contributed by atoms with van der Waals surface area (Å²) in [6, 6.07) is 6.07. The fourth-order valence-electron chi connectivity index (χ4n) is 4.85. The van der Waals surface area contributed by atoms with Gasteiger partial charge in [-0.25, -0.2) is 4.98 Å². The predicted octanol–water partition coefficient (Wildman–Crippen LogP) is 3.05. The lowest BCUT2D eigenvalue weighted by molar-refractivity contribution is -0.143. The van der Waals surface area contributed by atoms with Gasteiger partial charge in [-0.3, -0.25) is 14.4 Å². The van der Waals surface area contributed by atoms with E-state index in [4.69, 9.17) is 11.6 Å². The van der Waals surface area contributed by atoms with Gasteiger partial charge in [0.2, 0.25) is 0 Å². The average molecular weight is 516 g/mol. The highest BCUT2D eigenvalue weighted by Crippen LogP contribution is 2.28. The minimum absolute atomic E-state index is 0.233. The Bertz CT molecular complexity index is 1300. The van der Waals surface area contributed by atoms with Crippen LogP contribution in [-0.4, -0.2) is 63.4 Å². The van der Waals surface area contributed by atoms with Crippen LogP contribution in [0.5, 0.6) is 0 Å². The number of benzene rings is 1. The number of carbonyl (C=O) groups is 3. The highest BCUT2D eigenvalue weighted by molar-refractivity contribution is 7.13. The number of halogens is 1. The molecule has 5 rings (SSSR count). The molecule has 3 aromatic rings. The van der Waals surface area contributed by atoms with Gasteiger partial charge in [-0.2, -0.15) is 0 Å². The molecule has 4 N–H and O–H groups in total. The Morgan fingerprint density at radius 3 is 2.77 bits per heavy atom. The zero-order chi connectivity index (χ0) is 24.7. The number of thiazole rings is 1. The number of aliphatic carboxylic acids is 1. The molecular weight excluding hydrogens is 490 g/mol. The van der Waals surface area contributed by atoms with E-state index in [9.17, 15) is 19.5 Å². The predicted molar refractivity (Wildman–Crippen MR) is 133 cm³/mol. The molecule has 1 aromatic carbocycles. The number of hydrogen-bond donors (Lipinski definition) is 4. The lowest BCUT2D eigenvalue weighted by Gasteiger charge is -2.35. The summed E-state index contributed by atoms with van der Waals surface area (Å²) in [6.07, 6.45) is 1.92. The van der Waals surface area contributed by atoms with Crippen molar-refractivity contribution in [1.29, 1.82) is 0 Å². The van der Waals surface area contributed by atoms with Gasteiger partial charge in [-0.05, 0) is 50.6 Å². The van der Waals surface area contributed by atoms with Gasteiger partial charge in [-0.1, -0.05) is 11.6 Å². The molecule has 1 aliphatic heterocycles. The van der Waals surface area contributed by atoms with Gasteiger partial charge in [0.25, 0.3) is 11.8 Å². The zero-order valence-electron chi connectivity index (χ0n) is 19.1. The van der Waals surface area contributed by atoms with Crippen LogP contribution in [0.2, 0.25) is 5.02 Å². The topological polar surface area (TPSA) is 127 Å². The van der Waals surface area contributed by atoms with Crippen molar-refractivity contribution in [2.75, 3.05) is 13.6 Å².